The highest BCUT2D eigenvalue weighted by molar-refractivity contribution is 6.30. The van der Waals surface area contributed by atoms with Crippen LogP contribution in [0.5, 0.6) is 0 Å². The van der Waals surface area contributed by atoms with Gasteiger partial charge >= 0.3 is 0 Å². The molecule has 104 valence electrons. The number of carbonyl (C=O) groups is 1. The molecule has 19 heavy (non-hydrogen) atoms. The first-order valence-corrected chi connectivity index (χ1v) is 7.10. The van der Waals surface area contributed by atoms with Gasteiger partial charge in [0.05, 0.1) is 12.0 Å². The SMILES string of the molecule is CC(=O)[C@@H](CN1CCC(O)CC1)c1ccc(Cl)cc1. The molecule has 4 heteroatoms. The topological polar surface area (TPSA) is 40.5 Å². The van der Waals surface area contributed by atoms with E-state index < -0.39 is 0 Å². The zero-order valence-electron chi connectivity index (χ0n) is 11.2. The normalized spacial score (nSPS) is 19.3. The van der Waals surface area contributed by atoms with Gasteiger partial charge in [-0.2, -0.15) is 0 Å². The van der Waals surface area contributed by atoms with Crippen LogP contribution in [0.1, 0.15) is 31.2 Å². The van der Waals surface area contributed by atoms with Crippen LogP contribution in [-0.4, -0.2) is 41.5 Å². The van der Waals surface area contributed by atoms with Crippen molar-refractivity contribution in [1.29, 1.82) is 0 Å². The Hall–Kier alpha value is -0.900. The minimum Gasteiger partial charge on any atom is -0.393 e. The molecule has 0 bridgehead atoms. The number of aliphatic hydroxyl groups excluding tert-OH is 1. The second-order valence-electron chi connectivity index (χ2n) is 5.25. The van der Waals surface area contributed by atoms with Gasteiger partial charge in [-0.05, 0) is 37.5 Å². The molecular weight excluding hydrogens is 262 g/mol. The van der Waals surface area contributed by atoms with E-state index in [-0.39, 0.29) is 17.8 Å². The fraction of sp³-hybridized carbons (Fsp3) is 0.533. The highest BCUT2D eigenvalue weighted by Crippen LogP contribution is 2.22. The number of nitrogens with zero attached hydrogens (tertiary/aromatic N) is 1. The van der Waals surface area contributed by atoms with Crippen LogP contribution in [0.15, 0.2) is 24.3 Å². The summed E-state index contributed by atoms with van der Waals surface area (Å²) in [4.78, 5) is 14.1. The standard InChI is InChI=1S/C15H20ClNO2/c1-11(18)15(12-2-4-13(16)5-3-12)10-17-8-6-14(19)7-9-17/h2-5,14-15,19H,6-10H2,1H3/t15-/m1/s1. The smallest absolute Gasteiger partial charge is 0.138 e. The van der Waals surface area contributed by atoms with Gasteiger partial charge in [0.15, 0.2) is 0 Å². The lowest BCUT2D eigenvalue weighted by Gasteiger charge is -2.32. The Labute approximate surface area is 119 Å². The minimum absolute atomic E-state index is 0.104. The van der Waals surface area contributed by atoms with E-state index in [1.807, 2.05) is 24.3 Å². The van der Waals surface area contributed by atoms with E-state index in [1.165, 1.54) is 0 Å². The van der Waals surface area contributed by atoms with Crippen molar-refractivity contribution in [3.05, 3.63) is 34.9 Å². The monoisotopic (exact) mass is 281 g/mol. The van der Waals surface area contributed by atoms with Crippen molar-refractivity contribution in [3.63, 3.8) is 0 Å². The molecule has 0 spiro atoms. The van der Waals surface area contributed by atoms with Crippen LogP contribution in [0.4, 0.5) is 0 Å². The van der Waals surface area contributed by atoms with Crippen LogP contribution in [0, 0.1) is 0 Å². The second kappa shape index (κ2) is 6.51. The number of rotatable bonds is 4. The summed E-state index contributed by atoms with van der Waals surface area (Å²) in [5.74, 6) is 0.0703. The predicted molar refractivity (Wildman–Crippen MR) is 76.6 cm³/mol. The number of piperidine rings is 1. The fourth-order valence-corrected chi connectivity index (χ4v) is 2.65. The van der Waals surface area contributed by atoms with Gasteiger partial charge in [-0.1, -0.05) is 23.7 Å². The molecule has 1 N–H and O–H groups in total. The van der Waals surface area contributed by atoms with E-state index in [4.69, 9.17) is 11.6 Å². The molecule has 0 amide bonds. The van der Waals surface area contributed by atoms with E-state index in [2.05, 4.69) is 4.90 Å². The van der Waals surface area contributed by atoms with Crippen molar-refractivity contribution in [1.82, 2.24) is 4.90 Å². The van der Waals surface area contributed by atoms with Crippen molar-refractivity contribution in [2.75, 3.05) is 19.6 Å². The van der Waals surface area contributed by atoms with E-state index in [9.17, 15) is 9.90 Å². The average molecular weight is 282 g/mol. The van der Waals surface area contributed by atoms with Gasteiger partial charge in [0, 0.05) is 24.7 Å². The largest absolute Gasteiger partial charge is 0.393 e. The van der Waals surface area contributed by atoms with E-state index in [0.29, 0.717) is 5.02 Å². The molecule has 1 atom stereocenters. The summed E-state index contributed by atoms with van der Waals surface area (Å²) >= 11 is 5.88. The number of aliphatic hydroxyl groups is 1. The van der Waals surface area contributed by atoms with Crippen LogP contribution in [-0.2, 0) is 4.79 Å². The Bertz CT molecular complexity index is 424. The maximum atomic E-state index is 11.9. The minimum atomic E-state index is -0.178. The number of hydrogen-bond donors (Lipinski definition) is 1. The second-order valence-corrected chi connectivity index (χ2v) is 5.68. The molecule has 1 heterocycles. The number of benzene rings is 1. The highest BCUT2D eigenvalue weighted by Gasteiger charge is 2.23. The third-order valence-corrected chi connectivity index (χ3v) is 4.01. The van der Waals surface area contributed by atoms with Gasteiger partial charge in [-0.15, -0.1) is 0 Å². The van der Waals surface area contributed by atoms with Gasteiger partial charge in [0.1, 0.15) is 5.78 Å². The van der Waals surface area contributed by atoms with Crippen LogP contribution in [0.25, 0.3) is 0 Å². The molecule has 0 saturated carbocycles. The number of halogens is 1. The number of hydrogen-bond acceptors (Lipinski definition) is 3. The van der Waals surface area contributed by atoms with E-state index >= 15 is 0 Å². The highest BCUT2D eigenvalue weighted by atomic mass is 35.5. The van der Waals surface area contributed by atoms with Crippen LogP contribution < -0.4 is 0 Å². The van der Waals surface area contributed by atoms with Gasteiger partial charge in [-0.3, -0.25) is 4.79 Å². The Morgan fingerprint density at radius 3 is 2.47 bits per heavy atom. The zero-order valence-corrected chi connectivity index (χ0v) is 11.9. The summed E-state index contributed by atoms with van der Waals surface area (Å²) in [7, 11) is 0. The summed E-state index contributed by atoms with van der Waals surface area (Å²) in [6.07, 6.45) is 1.42. The molecule has 2 rings (SSSR count). The number of Topliss-reactive ketones (excluding diaryl/α,β-unsaturated/α-hetero) is 1. The number of likely N-dealkylation sites (tertiary alicyclic amines) is 1. The van der Waals surface area contributed by atoms with Crippen molar-refractivity contribution in [2.24, 2.45) is 0 Å². The molecule has 1 fully saturated rings. The third-order valence-electron chi connectivity index (χ3n) is 3.76. The summed E-state index contributed by atoms with van der Waals surface area (Å²) in [5.41, 5.74) is 1.02. The van der Waals surface area contributed by atoms with E-state index in [1.54, 1.807) is 6.92 Å². The Kier molecular flexibility index (Phi) is 4.97. The first kappa shape index (κ1) is 14.5. The van der Waals surface area contributed by atoms with Crippen molar-refractivity contribution in [3.8, 4) is 0 Å². The van der Waals surface area contributed by atoms with Crippen molar-refractivity contribution in [2.45, 2.75) is 31.8 Å². The van der Waals surface area contributed by atoms with E-state index in [0.717, 1.165) is 38.0 Å². The molecule has 1 aliphatic heterocycles. The molecule has 1 aliphatic rings. The lowest BCUT2D eigenvalue weighted by Crippen LogP contribution is -2.39. The summed E-state index contributed by atoms with van der Waals surface area (Å²) < 4.78 is 0. The van der Waals surface area contributed by atoms with Crippen LogP contribution in [0.3, 0.4) is 0 Å². The first-order valence-electron chi connectivity index (χ1n) is 6.72. The lowest BCUT2D eigenvalue weighted by atomic mass is 9.94. The van der Waals surface area contributed by atoms with Gasteiger partial charge < -0.3 is 10.0 Å². The Balaban J connectivity index is 2.04. The molecule has 1 aromatic rings. The summed E-state index contributed by atoms with van der Waals surface area (Å²) in [6, 6.07) is 7.50. The number of ketones is 1. The summed E-state index contributed by atoms with van der Waals surface area (Å²) in [6.45, 7) is 4.08. The van der Waals surface area contributed by atoms with Crippen LogP contribution >= 0.6 is 11.6 Å². The lowest BCUT2D eigenvalue weighted by molar-refractivity contribution is -0.119. The van der Waals surface area contributed by atoms with Crippen LogP contribution in [0.2, 0.25) is 5.02 Å². The molecule has 1 saturated heterocycles. The molecule has 0 aromatic heterocycles. The third kappa shape index (κ3) is 4.03. The first-order chi connectivity index (χ1) is 9.06. The Morgan fingerprint density at radius 1 is 1.37 bits per heavy atom. The van der Waals surface area contributed by atoms with Gasteiger partial charge in [-0.25, -0.2) is 0 Å². The zero-order chi connectivity index (χ0) is 13.8. The molecule has 0 unspecified atom stereocenters. The van der Waals surface area contributed by atoms with Crippen molar-refractivity contribution < 1.29 is 9.90 Å². The number of carbonyl (C=O) groups excluding carboxylic acids is 1. The quantitative estimate of drug-likeness (QED) is 0.922. The summed E-state index contributed by atoms with van der Waals surface area (Å²) in [5, 5.41) is 10.2. The van der Waals surface area contributed by atoms with Gasteiger partial charge in [0.2, 0.25) is 0 Å². The maximum Gasteiger partial charge on any atom is 0.138 e. The van der Waals surface area contributed by atoms with Gasteiger partial charge in [0.25, 0.3) is 0 Å². The predicted octanol–water partition coefficient (Wildman–Crippen LogP) is 2.47. The maximum absolute atomic E-state index is 11.9. The molecular formula is C15H20ClNO2. The molecule has 1 aromatic carbocycles. The Morgan fingerprint density at radius 2 is 1.95 bits per heavy atom. The molecule has 3 nitrogen and oxygen atoms in total. The fourth-order valence-electron chi connectivity index (χ4n) is 2.52. The van der Waals surface area contributed by atoms with Crippen molar-refractivity contribution >= 4 is 17.4 Å². The molecule has 0 aliphatic carbocycles. The molecule has 0 radical (unpaired) electrons. The average Bonchev–Trinajstić information content (AvgIpc) is 2.39.